The SMILES string of the molecule is O=C(NC1(CBr)CCOC1)C1CCC1. The molecule has 2 fully saturated rings. The van der Waals surface area contributed by atoms with Gasteiger partial charge in [0, 0.05) is 17.9 Å². The standard InChI is InChI=1S/C10H16BrNO2/c11-6-10(4-5-14-7-10)12-9(13)8-2-1-3-8/h8H,1-7H2,(H,12,13). The predicted octanol–water partition coefficient (Wildman–Crippen LogP) is 1.46. The second-order valence-electron chi connectivity index (χ2n) is 4.33. The highest BCUT2D eigenvalue weighted by atomic mass is 79.9. The molecule has 14 heavy (non-hydrogen) atoms. The number of rotatable bonds is 3. The van der Waals surface area contributed by atoms with Crippen molar-refractivity contribution >= 4 is 21.8 Å². The number of ether oxygens (including phenoxy) is 1. The Morgan fingerprint density at radius 2 is 2.36 bits per heavy atom. The van der Waals surface area contributed by atoms with E-state index in [0.717, 1.165) is 31.2 Å². The Hall–Kier alpha value is -0.0900. The molecule has 1 N–H and O–H groups in total. The molecule has 3 nitrogen and oxygen atoms in total. The highest BCUT2D eigenvalue weighted by Crippen LogP contribution is 2.28. The van der Waals surface area contributed by atoms with Gasteiger partial charge < -0.3 is 10.1 Å². The summed E-state index contributed by atoms with van der Waals surface area (Å²) in [6.07, 6.45) is 4.25. The zero-order valence-corrected chi connectivity index (χ0v) is 9.81. The van der Waals surface area contributed by atoms with E-state index < -0.39 is 0 Å². The number of alkyl halides is 1. The molecule has 1 amide bonds. The van der Waals surface area contributed by atoms with Crippen molar-refractivity contribution in [3.63, 3.8) is 0 Å². The van der Waals surface area contributed by atoms with Crippen molar-refractivity contribution in [2.45, 2.75) is 31.2 Å². The largest absolute Gasteiger partial charge is 0.379 e. The summed E-state index contributed by atoms with van der Waals surface area (Å²) in [5.74, 6) is 0.493. The van der Waals surface area contributed by atoms with Crippen molar-refractivity contribution < 1.29 is 9.53 Å². The first kappa shape index (κ1) is 10.4. The molecule has 1 unspecified atom stereocenters. The molecule has 1 atom stereocenters. The summed E-state index contributed by atoms with van der Waals surface area (Å²) in [7, 11) is 0. The molecule has 1 saturated carbocycles. The van der Waals surface area contributed by atoms with Crippen molar-refractivity contribution in [2.75, 3.05) is 18.5 Å². The summed E-state index contributed by atoms with van der Waals surface area (Å²) in [5, 5.41) is 3.92. The first-order valence-corrected chi connectivity index (χ1v) is 6.34. The van der Waals surface area contributed by atoms with E-state index in [1.54, 1.807) is 0 Å². The average molecular weight is 262 g/mol. The quantitative estimate of drug-likeness (QED) is 0.782. The van der Waals surface area contributed by atoms with E-state index in [4.69, 9.17) is 4.74 Å². The molecule has 1 aliphatic heterocycles. The highest BCUT2D eigenvalue weighted by Gasteiger charge is 2.37. The third-order valence-corrected chi connectivity index (χ3v) is 4.30. The van der Waals surface area contributed by atoms with Crippen LogP contribution in [0.25, 0.3) is 0 Å². The summed E-state index contributed by atoms with van der Waals surface area (Å²) in [6.45, 7) is 1.41. The fourth-order valence-electron chi connectivity index (χ4n) is 1.88. The lowest BCUT2D eigenvalue weighted by Gasteiger charge is -2.32. The third-order valence-electron chi connectivity index (χ3n) is 3.22. The summed E-state index contributed by atoms with van der Waals surface area (Å²) < 4.78 is 5.34. The summed E-state index contributed by atoms with van der Waals surface area (Å²) in [6, 6.07) is 0. The van der Waals surface area contributed by atoms with Crippen LogP contribution in [-0.2, 0) is 9.53 Å². The topological polar surface area (TPSA) is 38.3 Å². The Morgan fingerprint density at radius 1 is 1.57 bits per heavy atom. The number of nitrogens with one attached hydrogen (secondary N) is 1. The molecule has 0 radical (unpaired) electrons. The number of hydrogen-bond acceptors (Lipinski definition) is 2. The van der Waals surface area contributed by atoms with Crippen LogP contribution in [0.2, 0.25) is 0 Å². The summed E-state index contributed by atoms with van der Waals surface area (Å²) >= 11 is 3.46. The predicted molar refractivity (Wildman–Crippen MR) is 57.4 cm³/mol. The van der Waals surface area contributed by atoms with E-state index in [-0.39, 0.29) is 17.4 Å². The van der Waals surface area contributed by atoms with Gasteiger partial charge in [-0.05, 0) is 19.3 Å². The molecule has 80 valence electrons. The maximum absolute atomic E-state index is 11.8. The van der Waals surface area contributed by atoms with E-state index in [1.165, 1.54) is 6.42 Å². The van der Waals surface area contributed by atoms with Crippen LogP contribution in [0.5, 0.6) is 0 Å². The maximum atomic E-state index is 11.8. The molecule has 2 rings (SSSR count). The Bertz CT molecular complexity index is 222. The van der Waals surface area contributed by atoms with Gasteiger partial charge in [-0.3, -0.25) is 4.79 Å². The van der Waals surface area contributed by atoms with Crippen LogP contribution < -0.4 is 5.32 Å². The number of halogens is 1. The molecule has 2 aliphatic rings. The van der Waals surface area contributed by atoms with E-state index >= 15 is 0 Å². The van der Waals surface area contributed by atoms with Gasteiger partial charge in [0.1, 0.15) is 0 Å². The molecule has 0 aromatic heterocycles. The zero-order valence-electron chi connectivity index (χ0n) is 8.22. The van der Waals surface area contributed by atoms with Crippen LogP contribution in [0.4, 0.5) is 0 Å². The van der Waals surface area contributed by atoms with Gasteiger partial charge in [0.25, 0.3) is 0 Å². The van der Waals surface area contributed by atoms with Crippen LogP contribution in [0, 0.1) is 5.92 Å². The Morgan fingerprint density at radius 3 is 2.79 bits per heavy atom. The molecule has 0 bridgehead atoms. The number of carbonyl (C=O) groups is 1. The fourth-order valence-corrected chi connectivity index (χ4v) is 2.46. The Kier molecular flexibility index (Phi) is 3.12. The number of amides is 1. The van der Waals surface area contributed by atoms with Crippen molar-refractivity contribution in [3.05, 3.63) is 0 Å². The van der Waals surface area contributed by atoms with Crippen molar-refractivity contribution in [1.29, 1.82) is 0 Å². The highest BCUT2D eigenvalue weighted by molar-refractivity contribution is 9.09. The fraction of sp³-hybridized carbons (Fsp3) is 0.900. The second-order valence-corrected chi connectivity index (χ2v) is 4.89. The minimum Gasteiger partial charge on any atom is -0.379 e. The molecule has 1 saturated heterocycles. The Labute approximate surface area is 92.7 Å². The first-order valence-electron chi connectivity index (χ1n) is 5.21. The van der Waals surface area contributed by atoms with Crippen LogP contribution in [-0.4, -0.2) is 30.0 Å². The monoisotopic (exact) mass is 261 g/mol. The van der Waals surface area contributed by atoms with Crippen LogP contribution in [0.1, 0.15) is 25.7 Å². The molecular weight excluding hydrogens is 246 g/mol. The van der Waals surface area contributed by atoms with Crippen LogP contribution >= 0.6 is 15.9 Å². The second kappa shape index (κ2) is 4.19. The summed E-state index contributed by atoms with van der Waals surface area (Å²) in [4.78, 5) is 11.8. The van der Waals surface area contributed by atoms with Gasteiger partial charge in [-0.25, -0.2) is 0 Å². The molecule has 0 spiro atoms. The average Bonchev–Trinajstić information content (AvgIpc) is 2.50. The van der Waals surface area contributed by atoms with Crippen LogP contribution in [0.3, 0.4) is 0 Å². The molecule has 4 heteroatoms. The van der Waals surface area contributed by atoms with Crippen LogP contribution in [0.15, 0.2) is 0 Å². The Balaban J connectivity index is 1.89. The molecular formula is C10H16BrNO2. The molecule has 0 aromatic rings. The number of carbonyl (C=O) groups excluding carboxylic acids is 1. The third kappa shape index (κ3) is 1.96. The normalized spacial score (nSPS) is 32.6. The van der Waals surface area contributed by atoms with E-state index in [2.05, 4.69) is 21.2 Å². The first-order chi connectivity index (χ1) is 6.76. The molecule has 1 aliphatic carbocycles. The van der Waals surface area contributed by atoms with Crippen molar-refractivity contribution in [2.24, 2.45) is 5.92 Å². The van der Waals surface area contributed by atoms with Crippen molar-refractivity contribution in [3.8, 4) is 0 Å². The van der Waals surface area contributed by atoms with E-state index in [0.29, 0.717) is 6.61 Å². The minimum absolute atomic E-state index is 0.132. The van der Waals surface area contributed by atoms with Gasteiger partial charge in [-0.2, -0.15) is 0 Å². The smallest absolute Gasteiger partial charge is 0.223 e. The summed E-state index contributed by atoms with van der Waals surface area (Å²) in [5.41, 5.74) is -0.132. The minimum atomic E-state index is -0.132. The van der Waals surface area contributed by atoms with Gasteiger partial charge in [0.15, 0.2) is 0 Å². The zero-order chi connectivity index (χ0) is 10.0. The van der Waals surface area contributed by atoms with Gasteiger partial charge >= 0.3 is 0 Å². The van der Waals surface area contributed by atoms with E-state index in [1.807, 2.05) is 0 Å². The number of hydrogen-bond donors (Lipinski definition) is 1. The maximum Gasteiger partial charge on any atom is 0.223 e. The lowest BCUT2D eigenvalue weighted by atomic mass is 9.84. The van der Waals surface area contributed by atoms with E-state index in [9.17, 15) is 4.79 Å². The van der Waals surface area contributed by atoms with Gasteiger partial charge in [-0.1, -0.05) is 22.4 Å². The van der Waals surface area contributed by atoms with Gasteiger partial charge in [-0.15, -0.1) is 0 Å². The molecule has 1 heterocycles. The van der Waals surface area contributed by atoms with Gasteiger partial charge in [0.05, 0.1) is 12.1 Å². The lowest BCUT2D eigenvalue weighted by molar-refractivity contribution is -0.129. The molecule has 0 aromatic carbocycles. The van der Waals surface area contributed by atoms with Crippen molar-refractivity contribution in [1.82, 2.24) is 5.32 Å². The van der Waals surface area contributed by atoms with Gasteiger partial charge in [0.2, 0.25) is 5.91 Å². The lowest BCUT2D eigenvalue weighted by Crippen LogP contribution is -2.53.